The number of nitrogens with one attached hydrogen (secondary N) is 1. The van der Waals surface area contributed by atoms with Crippen molar-refractivity contribution in [2.45, 2.75) is 31.6 Å². The zero-order valence-electron chi connectivity index (χ0n) is 8.99. The Morgan fingerprint density at radius 3 is 2.21 bits per heavy atom. The van der Waals surface area contributed by atoms with Crippen molar-refractivity contribution >= 4 is 15.7 Å². The van der Waals surface area contributed by atoms with Crippen molar-refractivity contribution in [2.75, 3.05) is 12.8 Å². The van der Waals surface area contributed by atoms with Gasteiger partial charge in [-0.2, -0.15) is 0 Å². The standard InChI is InChI=1S/C8H18N2O3S/c1-6(14(4,12)13)7(11)10-8(2,3)5-9/h6H,5,9H2,1-4H3,(H,10,11). The van der Waals surface area contributed by atoms with Crippen LogP contribution in [0.4, 0.5) is 0 Å². The van der Waals surface area contributed by atoms with Crippen LogP contribution < -0.4 is 11.1 Å². The summed E-state index contributed by atoms with van der Waals surface area (Å²) in [5.74, 6) is -0.511. The van der Waals surface area contributed by atoms with E-state index in [0.717, 1.165) is 6.26 Å². The quantitative estimate of drug-likeness (QED) is 0.656. The lowest BCUT2D eigenvalue weighted by molar-refractivity contribution is -0.121. The maximum absolute atomic E-state index is 11.4. The third-order valence-electron chi connectivity index (χ3n) is 1.98. The van der Waals surface area contributed by atoms with Gasteiger partial charge in [0, 0.05) is 18.3 Å². The van der Waals surface area contributed by atoms with E-state index in [9.17, 15) is 13.2 Å². The van der Waals surface area contributed by atoms with Gasteiger partial charge in [-0.05, 0) is 20.8 Å². The molecule has 0 aromatic carbocycles. The maximum atomic E-state index is 11.4. The Kier molecular flexibility index (Phi) is 4.08. The van der Waals surface area contributed by atoms with Gasteiger partial charge < -0.3 is 11.1 Å². The molecule has 1 atom stereocenters. The van der Waals surface area contributed by atoms with Gasteiger partial charge in [0.15, 0.2) is 9.84 Å². The Balaban J connectivity index is 4.53. The SMILES string of the molecule is CC(C(=O)NC(C)(C)CN)S(C)(=O)=O. The van der Waals surface area contributed by atoms with E-state index in [0.29, 0.717) is 0 Å². The molecule has 1 amide bonds. The van der Waals surface area contributed by atoms with Crippen LogP contribution in [-0.4, -0.2) is 37.9 Å². The molecule has 0 saturated heterocycles. The molecule has 0 aromatic rings. The summed E-state index contributed by atoms with van der Waals surface area (Å²) in [6.45, 7) is 5.09. The number of sulfone groups is 1. The van der Waals surface area contributed by atoms with Crippen molar-refractivity contribution in [1.29, 1.82) is 0 Å². The van der Waals surface area contributed by atoms with Gasteiger partial charge in [0.05, 0.1) is 0 Å². The third-order valence-corrected chi connectivity index (χ3v) is 3.48. The molecule has 6 heteroatoms. The highest BCUT2D eigenvalue weighted by Gasteiger charge is 2.27. The van der Waals surface area contributed by atoms with E-state index in [4.69, 9.17) is 5.73 Å². The molecule has 0 bridgehead atoms. The Bertz CT molecular complexity index is 309. The summed E-state index contributed by atoms with van der Waals surface area (Å²) in [7, 11) is -3.34. The molecule has 3 N–H and O–H groups in total. The molecular formula is C8H18N2O3S. The van der Waals surface area contributed by atoms with Crippen LogP contribution in [0.5, 0.6) is 0 Å². The highest BCUT2D eigenvalue weighted by Crippen LogP contribution is 2.03. The highest BCUT2D eigenvalue weighted by atomic mass is 32.2. The summed E-state index contributed by atoms with van der Waals surface area (Å²) in [6, 6.07) is 0. The van der Waals surface area contributed by atoms with E-state index in [1.54, 1.807) is 13.8 Å². The van der Waals surface area contributed by atoms with Gasteiger partial charge in [0.25, 0.3) is 0 Å². The number of carbonyl (C=O) groups is 1. The molecule has 14 heavy (non-hydrogen) atoms. The second kappa shape index (κ2) is 4.27. The topological polar surface area (TPSA) is 89.3 Å². The minimum atomic E-state index is -3.34. The maximum Gasteiger partial charge on any atom is 0.238 e. The number of amides is 1. The first kappa shape index (κ1) is 13.4. The van der Waals surface area contributed by atoms with Crippen molar-refractivity contribution in [3.63, 3.8) is 0 Å². The molecule has 0 heterocycles. The van der Waals surface area contributed by atoms with Gasteiger partial charge in [0.2, 0.25) is 5.91 Å². The molecule has 0 radical (unpaired) electrons. The fourth-order valence-corrected chi connectivity index (χ4v) is 1.13. The molecule has 0 aromatic heterocycles. The van der Waals surface area contributed by atoms with E-state index in [1.165, 1.54) is 6.92 Å². The van der Waals surface area contributed by atoms with Gasteiger partial charge in [-0.15, -0.1) is 0 Å². The zero-order chi connectivity index (χ0) is 11.6. The fraction of sp³-hybridized carbons (Fsp3) is 0.875. The molecule has 1 unspecified atom stereocenters. The normalized spacial score (nSPS) is 14.9. The lowest BCUT2D eigenvalue weighted by atomic mass is 10.1. The molecule has 0 spiro atoms. The average molecular weight is 222 g/mol. The minimum absolute atomic E-state index is 0.259. The average Bonchev–Trinajstić information content (AvgIpc) is 2.00. The molecular weight excluding hydrogens is 204 g/mol. The van der Waals surface area contributed by atoms with Crippen LogP contribution in [0.2, 0.25) is 0 Å². The largest absolute Gasteiger partial charge is 0.349 e. The minimum Gasteiger partial charge on any atom is -0.349 e. The summed E-state index contributed by atoms with van der Waals surface area (Å²) in [4.78, 5) is 11.4. The summed E-state index contributed by atoms with van der Waals surface area (Å²) < 4.78 is 22.1. The molecule has 0 rings (SSSR count). The van der Waals surface area contributed by atoms with Gasteiger partial charge in [-0.3, -0.25) is 4.79 Å². The lowest BCUT2D eigenvalue weighted by Crippen LogP contribution is -2.52. The monoisotopic (exact) mass is 222 g/mol. The number of hydrogen-bond acceptors (Lipinski definition) is 4. The van der Waals surface area contributed by atoms with Crippen LogP contribution in [0.15, 0.2) is 0 Å². The van der Waals surface area contributed by atoms with Crippen LogP contribution in [0.25, 0.3) is 0 Å². The summed E-state index contributed by atoms with van der Waals surface area (Å²) >= 11 is 0. The Hall–Kier alpha value is -0.620. The molecule has 0 aliphatic carbocycles. The summed E-state index contributed by atoms with van der Waals surface area (Å²) in [6.07, 6.45) is 1.03. The smallest absolute Gasteiger partial charge is 0.238 e. The van der Waals surface area contributed by atoms with Crippen molar-refractivity contribution in [2.24, 2.45) is 5.73 Å². The van der Waals surface area contributed by atoms with Gasteiger partial charge in [-0.1, -0.05) is 0 Å². The van der Waals surface area contributed by atoms with Crippen LogP contribution in [0.1, 0.15) is 20.8 Å². The number of hydrogen-bond donors (Lipinski definition) is 2. The van der Waals surface area contributed by atoms with Crippen LogP contribution in [0.3, 0.4) is 0 Å². The van der Waals surface area contributed by atoms with E-state index in [1.807, 2.05) is 0 Å². The first-order valence-electron chi connectivity index (χ1n) is 4.31. The van der Waals surface area contributed by atoms with Crippen molar-refractivity contribution < 1.29 is 13.2 Å². The third kappa shape index (κ3) is 4.06. The lowest BCUT2D eigenvalue weighted by Gasteiger charge is -2.25. The Labute approximate surface area is 85.0 Å². The number of carbonyl (C=O) groups excluding carboxylic acids is 1. The van der Waals surface area contributed by atoms with E-state index in [-0.39, 0.29) is 6.54 Å². The molecule has 0 fully saturated rings. The number of nitrogens with two attached hydrogens (primary N) is 1. The van der Waals surface area contributed by atoms with Gasteiger partial charge >= 0.3 is 0 Å². The van der Waals surface area contributed by atoms with Crippen LogP contribution in [0, 0.1) is 0 Å². The molecule has 0 saturated carbocycles. The van der Waals surface area contributed by atoms with Crippen LogP contribution >= 0.6 is 0 Å². The molecule has 0 aliphatic heterocycles. The number of rotatable bonds is 4. The second-order valence-electron chi connectivity index (χ2n) is 4.05. The summed E-state index contributed by atoms with van der Waals surface area (Å²) in [5, 5.41) is 1.54. The molecule has 0 aliphatic rings. The highest BCUT2D eigenvalue weighted by molar-refractivity contribution is 7.92. The zero-order valence-corrected chi connectivity index (χ0v) is 9.81. The van der Waals surface area contributed by atoms with Crippen molar-refractivity contribution in [1.82, 2.24) is 5.32 Å². The van der Waals surface area contributed by atoms with E-state index in [2.05, 4.69) is 5.32 Å². The van der Waals surface area contributed by atoms with Crippen molar-refractivity contribution in [3.05, 3.63) is 0 Å². The molecule has 5 nitrogen and oxygen atoms in total. The Morgan fingerprint density at radius 2 is 1.93 bits per heavy atom. The Morgan fingerprint density at radius 1 is 1.50 bits per heavy atom. The van der Waals surface area contributed by atoms with E-state index < -0.39 is 26.5 Å². The van der Waals surface area contributed by atoms with Gasteiger partial charge in [-0.25, -0.2) is 8.42 Å². The van der Waals surface area contributed by atoms with Crippen molar-refractivity contribution in [3.8, 4) is 0 Å². The summed E-state index contributed by atoms with van der Waals surface area (Å²) in [5.41, 5.74) is 4.83. The predicted molar refractivity (Wildman–Crippen MR) is 55.6 cm³/mol. The first-order chi connectivity index (χ1) is 6.10. The second-order valence-corrected chi connectivity index (χ2v) is 6.42. The molecule has 84 valence electrons. The first-order valence-corrected chi connectivity index (χ1v) is 6.26. The van der Waals surface area contributed by atoms with Gasteiger partial charge in [0.1, 0.15) is 5.25 Å². The fourth-order valence-electron chi connectivity index (χ4n) is 0.681. The van der Waals surface area contributed by atoms with Crippen LogP contribution in [-0.2, 0) is 14.6 Å². The predicted octanol–water partition coefficient (Wildman–Crippen LogP) is -0.727. The van der Waals surface area contributed by atoms with E-state index >= 15 is 0 Å².